The second kappa shape index (κ2) is 9.47. The molecule has 1 aliphatic heterocycles. The van der Waals surface area contributed by atoms with E-state index in [1.165, 1.54) is 4.90 Å². The van der Waals surface area contributed by atoms with E-state index in [4.69, 9.17) is 0 Å². The minimum absolute atomic E-state index is 0.162. The first kappa shape index (κ1) is 23.4. The number of carbonyl (C=O) groups excluding carboxylic acids is 2. The van der Waals surface area contributed by atoms with Crippen molar-refractivity contribution in [3.63, 3.8) is 0 Å². The smallest absolute Gasteiger partial charge is 0.294 e. The molecule has 0 radical (unpaired) electrons. The van der Waals surface area contributed by atoms with Crippen LogP contribution in [0.3, 0.4) is 0 Å². The van der Waals surface area contributed by atoms with Crippen molar-refractivity contribution >= 4 is 28.8 Å². The fraction of sp³-hybridized carbons (Fsp3) is 0.385. The molecule has 2 aromatic rings. The Hall–Kier alpha value is -3.28. The molecule has 0 saturated heterocycles. The average Bonchev–Trinajstić information content (AvgIpc) is 3.05. The summed E-state index contributed by atoms with van der Waals surface area (Å²) in [6.07, 6.45) is 0. The molecule has 32 heavy (non-hydrogen) atoms. The molecule has 1 unspecified atom stereocenters. The van der Waals surface area contributed by atoms with Crippen molar-refractivity contribution in [2.24, 2.45) is 5.92 Å². The van der Waals surface area contributed by atoms with Crippen molar-refractivity contribution in [3.05, 3.63) is 65.4 Å². The van der Waals surface area contributed by atoms with Crippen LogP contribution in [0.4, 0.5) is 17.1 Å². The fourth-order valence-electron chi connectivity index (χ4n) is 4.12. The molecule has 1 amide bonds. The summed E-state index contributed by atoms with van der Waals surface area (Å²) in [5.41, 5.74) is 3.66. The predicted molar refractivity (Wildman–Crippen MR) is 130 cm³/mol. The number of amides is 1. The van der Waals surface area contributed by atoms with E-state index >= 15 is 0 Å². The van der Waals surface area contributed by atoms with Crippen molar-refractivity contribution < 1.29 is 14.7 Å². The van der Waals surface area contributed by atoms with Crippen molar-refractivity contribution in [3.8, 4) is 0 Å². The highest BCUT2D eigenvalue weighted by atomic mass is 16.3. The molecule has 6 heteroatoms. The summed E-state index contributed by atoms with van der Waals surface area (Å²) in [5, 5.41) is 10.8. The molecule has 0 aliphatic carbocycles. The van der Waals surface area contributed by atoms with Crippen molar-refractivity contribution in [2.75, 3.05) is 41.9 Å². The van der Waals surface area contributed by atoms with Gasteiger partial charge in [-0.05, 0) is 55.8 Å². The summed E-state index contributed by atoms with van der Waals surface area (Å²) in [4.78, 5) is 32.0. The largest absolute Gasteiger partial charge is 0.503 e. The van der Waals surface area contributed by atoms with Crippen LogP contribution in [-0.2, 0) is 9.59 Å². The number of hydrogen-bond acceptors (Lipinski definition) is 5. The lowest BCUT2D eigenvalue weighted by atomic mass is 9.91. The monoisotopic (exact) mass is 435 g/mol. The zero-order chi connectivity index (χ0) is 23.6. The molecule has 3 rings (SSSR count). The van der Waals surface area contributed by atoms with Gasteiger partial charge in [0, 0.05) is 50.2 Å². The minimum atomic E-state index is -0.673. The van der Waals surface area contributed by atoms with Gasteiger partial charge in [-0.3, -0.25) is 14.5 Å². The Kier molecular flexibility index (Phi) is 6.92. The number of rotatable bonds is 8. The average molecular weight is 436 g/mol. The van der Waals surface area contributed by atoms with E-state index in [1.54, 1.807) is 13.8 Å². The fourth-order valence-corrected chi connectivity index (χ4v) is 4.12. The Bertz CT molecular complexity index is 1000. The van der Waals surface area contributed by atoms with E-state index in [2.05, 4.69) is 18.7 Å². The highest BCUT2D eigenvalue weighted by Crippen LogP contribution is 2.42. The van der Waals surface area contributed by atoms with Gasteiger partial charge in [-0.2, -0.15) is 0 Å². The molecule has 1 aliphatic rings. The van der Waals surface area contributed by atoms with Crippen LogP contribution in [0.25, 0.3) is 0 Å². The van der Waals surface area contributed by atoms with Crippen LogP contribution in [0, 0.1) is 5.92 Å². The van der Waals surface area contributed by atoms with Gasteiger partial charge in [0.15, 0.2) is 11.5 Å². The number of anilines is 3. The zero-order valence-corrected chi connectivity index (χ0v) is 19.8. The Labute approximate surface area is 190 Å². The number of Topliss-reactive ketones (excluding diaryl/α,β-unsaturated/α-hetero) is 1. The third-order valence-electron chi connectivity index (χ3n) is 5.98. The van der Waals surface area contributed by atoms with Gasteiger partial charge in [0.05, 0.1) is 11.6 Å². The van der Waals surface area contributed by atoms with Crippen molar-refractivity contribution in [1.29, 1.82) is 0 Å². The lowest BCUT2D eigenvalue weighted by Gasteiger charge is -2.28. The van der Waals surface area contributed by atoms with Crippen LogP contribution in [0.15, 0.2) is 59.9 Å². The zero-order valence-electron chi connectivity index (χ0n) is 19.8. The standard InChI is InChI=1S/C26H33N3O3/c1-7-28(8-2)20-13-15-21(16-14-20)29-23(18-9-11-19(12-10-18)27(5)6)22(24(30)17(3)4)25(31)26(29)32/h9-17,23,31H,7-8H2,1-6H3. The molecule has 0 bridgehead atoms. The molecule has 1 heterocycles. The van der Waals surface area contributed by atoms with Crippen LogP contribution in [-0.4, -0.2) is 44.0 Å². The molecule has 0 aromatic heterocycles. The summed E-state index contributed by atoms with van der Waals surface area (Å²) < 4.78 is 0. The molecular formula is C26H33N3O3. The first-order chi connectivity index (χ1) is 15.2. The number of benzene rings is 2. The van der Waals surface area contributed by atoms with E-state index in [0.717, 1.165) is 30.0 Å². The maximum Gasteiger partial charge on any atom is 0.294 e. The Morgan fingerprint density at radius 1 is 0.969 bits per heavy atom. The molecule has 1 atom stereocenters. The molecule has 0 spiro atoms. The van der Waals surface area contributed by atoms with Gasteiger partial charge in [-0.15, -0.1) is 0 Å². The van der Waals surface area contributed by atoms with Crippen LogP contribution in [0.1, 0.15) is 39.3 Å². The summed E-state index contributed by atoms with van der Waals surface area (Å²) in [7, 11) is 3.91. The lowest BCUT2D eigenvalue weighted by molar-refractivity contribution is -0.119. The molecular weight excluding hydrogens is 402 g/mol. The Morgan fingerprint density at radius 3 is 1.97 bits per heavy atom. The third kappa shape index (κ3) is 4.22. The SMILES string of the molecule is CCN(CC)c1ccc(N2C(=O)C(O)=C(C(=O)C(C)C)C2c2ccc(N(C)C)cc2)cc1. The van der Waals surface area contributed by atoms with Crippen molar-refractivity contribution in [2.45, 2.75) is 33.7 Å². The van der Waals surface area contributed by atoms with Gasteiger partial charge >= 0.3 is 0 Å². The van der Waals surface area contributed by atoms with E-state index in [1.807, 2.05) is 67.5 Å². The molecule has 6 nitrogen and oxygen atoms in total. The van der Waals surface area contributed by atoms with Gasteiger partial charge in [-0.25, -0.2) is 0 Å². The predicted octanol–water partition coefficient (Wildman–Crippen LogP) is 4.72. The minimum Gasteiger partial charge on any atom is -0.503 e. The van der Waals surface area contributed by atoms with Crippen LogP contribution in [0.2, 0.25) is 0 Å². The highest BCUT2D eigenvalue weighted by Gasteiger charge is 2.44. The van der Waals surface area contributed by atoms with E-state index in [0.29, 0.717) is 5.69 Å². The highest BCUT2D eigenvalue weighted by molar-refractivity contribution is 6.16. The number of ketones is 1. The van der Waals surface area contributed by atoms with Gasteiger partial charge in [0.2, 0.25) is 0 Å². The maximum atomic E-state index is 13.2. The maximum absolute atomic E-state index is 13.2. The lowest BCUT2D eigenvalue weighted by Crippen LogP contribution is -2.31. The molecule has 170 valence electrons. The topological polar surface area (TPSA) is 64.1 Å². The molecule has 1 N–H and O–H groups in total. The normalized spacial score (nSPS) is 16.2. The number of aliphatic hydroxyl groups excluding tert-OH is 1. The Balaban J connectivity index is 2.09. The third-order valence-corrected chi connectivity index (χ3v) is 5.98. The quantitative estimate of drug-likeness (QED) is 0.650. The van der Waals surface area contributed by atoms with E-state index < -0.39 is 17.7 Å². The second-order valence-electron chi connectivity index (χ2n) is 8.53. The molecule has 0 fully saturated rings. The molecule has 2 aromatic carbocycles. The van der Waals surface area contributed by atoms with Crippen molar-refractivity contribution in [1.82, 2.24) is 0 Å². The van der Waals surface area contributed by atoms with Gasteiger partial charge in [0.25, 0.3) is 5.91 Å². The number of carbonyl (C=O) groups is 2. The summed E-state index contributed by atoms with van der Waals surface area (Å²) in [5.74, 6) is -1.57. The van der Waals surface area contributed by atoms with Crippen LogP contribution in [0.5, 0.6) is 0 Å². The van der Waals surface area contributed by atoms with Crippen LogP contribution >= 0.6 is 0 Å². The van der Waals surface area contributed by atoms with E-state index in [-0.39, 0.29) is 17.3 Å². The summed E-state index contributed by atoms with van der Waals surface area (Å²) >= 11 is 0. The van der Waals surface area contributed by atoms with E-state index in [9.17, 15) is 14.7 Å². The number of aliphatic hydroxyl groups is 1. The summed E-state index contributed by atoms with van der Waals surface area (Å²) in [6, 6.07) is 14.8. The number of nitrogens with zero attached hydrogens (tertiary/aromatic N) is 3. The van der Waals surface area contributed by atoms with Gasteiger partial charge < -0.3 is 14.9 Å². The Morgan fingerprint density at radius 2 is 1.50 bits per heavy atom. The van der Waals surface area contributed by atoms with Gasteiger partial charge in [-0.1, -0.05) is 26.0 Å². The molecule has 0 saturated carbocycles. The first-order valence-corrected chi connectivity index (χ1v) is 11.1. The second-order valence-corrected chi connectivity index (χ2v) is 8.53. The summed E-state index contributed by atoms with van der Waals surface area (Å²) in [6.45, 7) is 9.52. The van der Waals surface area contributed by atoms with Crippen LogP contribution < -0.4 is 14.7 Å². The number of hydrogen-bond donors (Lipinski definition) is 1. The van der Waals surface area contributed by atoms with Gasteiger partial charge in [0.1, 0.15) is 0 Å². The first-order valence-electron chi connectivity index (χ1n) is 11.1.